The number of nitrogens with one attached hydrogen (secondary N) is 2. The lowest BCUT2D eigenvalue weighted by Gasteiger charge is -2.34. The van der Waals surface area contributed by atoms with Crippen LogP contribution in [0.2, 0.25) is 0 Å². The summed E-state index contributed by atoms with van der Waals surface area (Å²) in [5, 5.41) is 5.13. The van der Waals surface area contributed by atoms with E-state index in [0.717, 1.165) is 31.7 Å². The van der Waals surface area contributed by atoms with Crippen molar-refractivity contribution in [1.82, 2.24) is 10.6 Å². The van der Waals surface area contributed by atoms with Crippen LogP contribution in [0, 0.1) is 0 Å². The monoisotopic (exact) mass is 688 g/mol. The molecule has 0 saturated carbocycles. The Morgan fingerprint density at radius 1 is 0.714 bits per heavy atom. The third-order valence-corrected chi connectivity index (χ3v) is 7.27. The van der Waals surface area contributed by atoms with E-state index in [1.165, 1.54) is 39.2 Å². The molecule has 2 amide bonds. The first-order valence-corrected chi connectivity index (χ1v) is 15.1. The van der Waals surface area contributed by atoms with E-state index in [0.29, 0.717) is 23.5 Å². The molecule has 2 N–H and O–H groups in total. The van der Waals surface area contributed by atoms with Gasteiger partial charge < -0.3 is 34.3 Å². The molecule has 3 aromatic carbocycles. The van der Waals surface area contributed by atoms with Gasteiger partial charge in [-0.15, -0.1) is 0 Å². The zero-order valence-corrected chi connectivity index (χ0v) is 27.7. The lowest BCUT2D eigenvalue weighted by Crippen LogP contribution is -2.58. The lowest BCUT2D eigenvalue weighted by molar-refractivity contribution is -0.266. The number of rotatable bonds is 16. The Labute approximate surface area is 282 Å². The highest BCUT2D eigenvalue weighted by molar-refractivity contribution is 5.88. The van der Waals surface area contributed by atoms with Crippen LogP contribution in [0.1, 0.15) is 37.5 Å². The molecule has 0 aromatic heterocycles. The van der Waals surface area contributed by atoms with E-state index < -0.39 is 53.9 Å². The van der Waals surface area contributed by atoms with Crippen LogP contribution in [0.4, 0.5) is 13.2 Å². The molecule has 0 radical (unpaired) electrons. The van der Waals surface area contributed by atoms with Crippen molar-refractivity contribution in [2.45, 2.75) is 57.5 Å². The largest absolute Gasteiger partial charge is 0.493 e. The van der Waals surface area contributed by atoms with Gasteiger partial charge in [-0.25, -0.2) is 0 Å². The van der Waals surface area contributed by atoms with Gasteiger partial charge in [-0.1, -0.05) is 48.5 Å². The second-order valence-electron chi connectivity index (χ2n) is 11.1. The number of hydrogen-bond acceptors (Lipinski definition) is 9. The Hall–Kier alpha value is -5.11. The quantitative estimate of drug-likeness (QED) is 0.204. The first kappa shape index (κ1) is 38.3. The molecule has 0 heterocycles. The molecule has 0 aliphatic heterocycles. The van der Waals surface area contributed by atoms with Gasteiger partial charge in [0.05, 0.1) is 19.2 Å². The van der Waals surface area contributed by atoms with E-state index >= 15 is 0 Å². The molecule has 3 aromatic rings. The van der Waals surface area contributed by atoms with E-state index in [2.05, 4.69) is 10.6 Å². The summed E-state index contributed by atoms with van der Waals surface area (Å²) in [7, 11) is 2.23. The van der Waals surface area contributed by atoms with E-state index in [-0.39, 0.29) is 24.7 Å². The maximum Gasteiger partial charge on any atom is 0.430 e. The molecule has 0 bridgehead atoms. The van der Waals surface area contributed by atoms with E-state index in [1.54, 1.807) is 42.5 Å². The van der Waals surface area contributed by atoms with E-state index in [4.69, 9.17) is 23.7 Å². The third-order valence-electron chi connectivity index (χ3n) is 7.27. The first-order chi connectivity index (χ1) is 23.2. The fraction of sp³-hybridized carbons (Fsp3) is 0.371. The van der Waals surface area contributed by atoms with Crippen molar-refractivity contribution in [1.29, 1.82) is 0 Å². The van der Waals surface area contributed by atoms with Crippen molar-refractivity contribution in [3.63, 3.8) is 0 Å². The minimum absolute atomic E-state index is 0.00493. The maximum atomic E-state index is 14.5. The zero-order valence-electron chi connectivity index (χ0n) is 27.7. The Balaban J connectivity index is 1.84. The highest BCUT2D eigenvalue weighted by atomic mass is 19.4. The van der Waals surface area contributed by atoms with Crippen molar-refractivity contribution in [2.24, 2.45) is 0 Å². The highest BCUT2D eigenvalue weighted by Crippen LogP contribution is 2.42. The summed E-state index contributed by atoms with van der Waals surface area (Å²) in [6, 6.07) is 16.7. The molecular weight excluding hydrogens is 649 g/mol. The summed E-state index contributed by atoms with van der Waals surface area (Å²) in [6.07, 6.45) is -4.81. The van der Waals surface area contributed by atoms with Gasteiger partial charge in [0, 0.05) is 33.4 Å². The summed E-state index contributed by atoms with van der Waals surface area (Å²) >= 11 is 0. The number of halogens is 3. The van der Waals surface area contributed by atoms with E-state index in [1.807, 2.05) is 0 Å². The van der Waals surface area contributed by atoms with Crippen LogP contribution in [-0.2, 0) is 51.8 Å². The van der Waals surface area contributed by atoms with Crippen LogP contribution in [0.5, 0.6) is 17.2 Å². The summed E-state index contributed by atoms with van der Waals surface area (Å²) in [5.74, 6) is -1.88. The average molecular weight is 689 g/mol. The first-order valence-electron chi connectivity index (χ1n) is 15.1. The predicted molar refractivity (Wildman–Crippen MR) is 171 cm³/mol. The minimum atomic E-state index is -5.14. The molecule has 0 fully saturated rings. The summed E-state index contributed by atoms with van der Waals surface area (Å²) in [5.41, 5.74) is -2.41. The number of alkyl halides is 3. The molecule has 3 atom stereocenters. The van der Waals surface area contributed by atoms with Crippen molar-refractivity contribution in [2.75, 3.05) is 27.4 Å². The summed E-state index contributed by atoms with van der Waals surface area (Å²) in [4.78, 5) is 47.9. The van der Waals surface area contributed by atoms with Crippen LogP contribution in [0.25, 0.3) is 0 Å². The Morgan fingerprint density at radius 2 is 1.27 bits per heavy atom. The molecule has 0 unspecified atom stereocenters. The topological polar surface area (TPSA) is 138 Å². The maximum absolute atomic E-state index is 14.5. The number of hydrogen-bond donors (Lipinski definition) is 2. The number of methoxy groups -OCH3 is 2. The number of benzene rings is 3. The fourth-order valence-corrected chi connectivity index (χ4v) is 5.05. The summed E-state index contributed by atoms with van der Waals surface area (Å²) in [6.45, 7) is 3.37. The molecule has 0 aliphatic rings. The molecule has 14 heteroatoms. The molecule has 264 valence electrons. The van der Waals surface area contributed by atoms with Gasteiger partial charge in [-0.3, -0.25) is 19.2 Å². The molecule has 0 saturated heterocycles. The van der Waals surface area contributed by atoms with Gasteiger partial charge in [-0.05, 0) is 48.2 Å². The molecule has 11 nitrogen and oxygen atoms in total. The Bertz CT molecular complexity index is 1580. The molecule has 0 spiro atoms. The number of carbonyl (C=O) groups is 4. The van der Waals surface area contributed by atoms with Crippen molar-refractivity contribution >= 4 is 23.8 Å². The van der Waals surface area contributed by atoms with Crippen molar-refractivity contribution in [3.05, 3.63) is 89.5 Å². The van der Waals surface area contributed by atoms with Gasteiger partial charge in [0.2, 0.25) is 5.91 Å². The Kier molecular flexibility index (Phi) is 13.6. The molecule has 3 rings (SSSR count). The van der Waals surface area contributed by atoms with Gasteiger partial charge in [0.15, 0.2) is 11.5 Å². The Morgan fingerprint density at radius 3 is 1.78 bits per heavy atom. The standard InChI is InChI=1S/C35H39F3N2O9/c1-22(41)39-28(20-47-23(2)42)17-25-11-14-30(15-12-25)49-32-19-26(13-16-31(32)45-4)18-29(21-48-24(3)43)40-33(44)34(46-5,35(36,37)38)27-9-7-6-8-10-27/h6-16,19,28-29H,17-18,20-21H2,1-5H3,(H,39,41)(H,40,44)/t28-,29+,34+/m0/s1. The lowest BCUT2D eigenvalue weighted by atomic mass is 9.91. The van der Waals surface area contributed by atoms with Gasteiger partial charge in [0.25, 0.3) is 11.5 Å². The number of amides is 2. The molecule has 0 aliphatic carbocycles. The SMILES string of the molecule is COc1ccc(C[C@H](COC(C)=O)NC(=O)[C@](OC)(c2ccccc2)C(F)(F)F)cc1Oc1ccc(C[C@@H](COC(C)=O)NC(C)=O)cc1. The fourth-order valence-electron chi connectivity index (χ4n) is 5.05. The second kappa shape index (κ2) is 17.3. The van der Waals surface area contributed by atoms with E-state index in [9.17, 15) is 32.3 Å². The number of carbonyl (C=O) groups excluding carboxylic acids is 4. The van der Waals surface area contributed by atoms with Gasteiger partial charge in [-0.2, -0.15) is 13.2 Å². The number of esters is 2. The van der Waals surface area contributed by atoms with Crippen LogP contribution < -0.4 is 20.1 Å². The smallest absolute Gasteiger partial charge is 0.430 e. The van der Waals surface area contributed by atoms with Crippen LogP contribution in [0.15, 0.2) is 72.8 Å². The van der Waals surface area contributed by atoms with Crippen molar-refractivity contribution < 1.29 is 56.0 Å². The highest BCUT2D eigenvalue weighted by Gasteiger charge is 2.62. The summed E-state index contributed by atoms with van der Waals surface area (Å²) < 4.78 is 70.1. The van der Waals surface area contributed by atoms with Crippen LogP contribution in [0.3, 0.4) is 0 Å². The van der Waals surface area contributed by atoms with Crippen LogP contribution in [-0.4, -0.2) is 69.4 Å². The van der Waals surface area contributed by atoms with Crippen molar-refractivity contribution in [3.8, 4) is 17.2 Å². The van der Waals surface area contributed by atoms with Crippen LogP contribution >= 0.6 is 0 Å². The van der Waals surface area contributed by atoms with Gasteiger partial charge in [0.1, 0.15) is 19.0 Å². The molecular formula is C35H39F3N2O9. The van der Waals surface area contributed by atoms with Gasteiger partial charge >= 0.3 is 18.1 Å². The second-order valence-corrected chi connectivity index (χ2v) is 11.1. The minimum Gasteiger partial charge on any atom is -0.493 e. The molecule has 49 heavy (non-hydrogen) atoms. The number of ether oxygens (including phenoxy) is 5. The third kappa shape index (κ3) is 10.7. The normalized spacial score (nSPS) is 13.6. The zero-order chi connectivity index (χ0) is 36.2. The predicted octanol–water partition coefficient (Wildman–Crippen LogP) is 4.79. The average Bonchev–Trinajstić information content (AvgIpc) is 3.03.